The van der Waals surface area contributed by atoms with Crippen LogP contribution in [0.2, 0.25) is 0 Å². The highest BCUT2D eigenvalue weighted by Gasteiger charge is 2.28. The van der Waals surface area contributed by atoms with Gasteiger partial charge in [-0.15, -0.1) is 0 Å². The summed E-state index contributed by atoms with van der Waals surface area (Å²) in [4.78, 5) is 17.7. The minimum Gasteiger partial charge on any atom is -0.465 e. The summed E-state index contributed by atoms with van der Waals surface area (Å²) in [5.74, 6) is 0.736. The van der Waals surface area contributed by atoms with E-state index in [1.54, 1.807) is 0 Å². The number of nitrogens with zero attached hydrogens (tertiary/aromatic N) is 4. The lowest BCUT2D eigenvalue weighted by atomic mass is 10.00. The van der Waals surface area contributed by atoms with Gasteiger partial charge in [0.25, 0.3) is 0 Å². The highest BCUT2D eigenvalue weighted by atomic mass is 16.4. The Balaban J connectivity index is 1.57. The fourth-order valence-electron chi connectivity index (χ4n) is 3.83. The van der Waals surface area contributed by atoms with Crippen molar-refractivity contribution in [2.75, 3.05) is 18.4 Å². The van der Waals surface area contributed by atoms with Crippen LogP contribution in [0.1, 0.15) is 17.5 Å². The fraction of sp³-hybridized carbons (Fsp3) is 0.350. The number of aromatic nitrogens is 3. The zero-order chi connectivity index (χ0) is 20.4. The molecule has 2 aromatic heterocycles. The molecule has 0 aliphatic carbocycles. The van der Waals surface area contributed by atoms with Gasteiger partial charge in [-0.25, -0.2) is 14.3 Å². The minimum absolute atomic E-state index is 0.171. The van der Waals surface area contributed by atoms with Crippen molar-refractivity contribution >= 4 is 23.1 Å². The quantitative estimate of drug-likeness (QED) is 0.521. The van der Waals surface area contributed by atoms with Gasteiger partial charge in [0.05, 0.1) is 6.04 Å². The van der Waals surface area contributed by atoms with Gasteiger partial charge in [-0.1, -0.05) is 12.1 Å². The van der Waals surface area contributed by atoms with E-state index < -0.39 is 6.09 Å². The van der Waals surface area contributed by atoms with E-state index in [0.717, 1.165) is 41.1 Å². The molecule has 1 amide bonds. The molecular weight excluding hydrogens is 370 g/mol. The lowest BCUT2D eigenvalue weighted by molar-refractivity contribution is 0.149. The molecule has 3 heterocycles. The van der Waals surface area contributed by atoms with Crippen LogP contribution in [0, 0.1) is 6.92 Å². The van der Waals surface area contributed by atoms with Gasteiger partial charge in [0.1, 0.15) is 11.8 Å². The maximum absolute atomic E-state index is 11.0. The average molecular weight is 395 g/mol. The molecule has 1 saturated heterocycles. The summed E-state index contributed by atoms with van der Waals surface area (Å²) >= 11 is 0. The molecule has 29 heavy (non-hydrogen) atoms. The minimum atomic E-state index is -1.04. The molecule has 1 aliphatic rings. The van der Waals surface area contributed by atoms with Crippen molar-refractivity contribution < 1.29 is 9.90 Å². The predicted octanol–water partition coefficient (Wildman–Crippen LogP) is 1.95. The monoisotopic (exact) mass is 395 g/mol. The molecule has 4 rings (SSSR count). The first kappa shape index (κ1) is 19.2. The van der Waals surface area contributed by atoms with Crippen LogP contribution in [0.4, 0.5) is 16.3 Å². The number of amides is 1. The Labute approximate surface area is 168 Å². The molecule has 3 aromatic rings. The molecule has 1 fully saturated rings. The van der Waals surface area contributed by atoms with E-state index in [2.05, 4.69) is 31.7 Å². The lowest BCUT2D eigenvalue weighted by Crippen LogP contribution is -2.57. The Morgan fingerprint density at radius 3 is 3.03 bits per heavy atom. The van der Waals surface area contributed by atoms with Gasteiger partial charge in [0.15, 0.2) is 5.82 Å². The maximum atomic E-state index is 11.0. The second-order valence-electron chi connectivity index (χ2n) is 7.48. The topological polar surface area (TPSA) is 121 Å². The largest absolute Gasteiger partial charge is 0.465 e. The van der Waals surface area contributed by atoms with Gasteiger partial charge in [0, 0.05) is 37.6 Å². The Morgan fingerprint density at radius 2 is 2.24 bits per heavy atom. The van der Waals surface area contributed by atoms with Crippen LogP contribution in [0.5, 0.6) is 0 Å². The highest BCUT2D eigenvalue weighted by molar-refractivity contribution is 5.76. The number of hydrogen-bond acceptors (Lipinski definition) is 6. The molecular formula is C20H25N7O2. The van der Waals surface area contributed by atoms with Gasteiger partial charge in [-0.2, -0.15) is 5.10 Å². The number of benzene rings is 1. The van der Waals surface area contributed by atoms with Crippen LogP contribution in [-0.2, 0) is 6.54 Å². The molecule has 0 saturated carbocycles. The molecule has 1 aromatic carbocycles. The highest BCUT2D eigenvalue weighted by Crippen LogP contribution is 2.25. The first-order valence-corrected chi connectivity index (χ1v) is 9.62. The molecule has 5 N–H and O–H groups in total. The molecule has 0 bridgehead atoms. The maximum Gasteiger partial charge on any atom is 0.404 e. The zero-order valence-corrected chi connectivity index (χ0v) is 16.2. The van der Waals surface area contributed by atoms with Crippen LogP contribution < -0.4 is 16.4 Å². The summed E-state index contributed by atoms with van der Waals surface area (Å²) in [5.41, 5.74) is 10.2. The molecule has 0 unspecified atom stereocenters. The Hall–Kier alpha value is -3.17. The number of carbonyl (C=O) groups is 1. The fourth-order valence-corrected chi connectivity index (χ4v) is 3.83. The predicted molar refractivity (Wildman–Crippen MR) is 110 cm³/mol. The van der Waals surface area contributed by atoms with E-state index in [0.29, 0.717) is 13.1 Å². The van der Waals surface area contributed by atoms with Crippen molar-refractivity contribution in [3.05, 3.63) is 54.0 Å². The van der Waals surface area contributed by atoms with Crippen LogP contribution in [0.25, 0.3) is 5.52 Å². The molecule has 0 radical (unpaired) electrons. The number of piperidine rings is 1. The van der Waals surface area contributed by atoms with Crippen molar-refractivity contribution in [1.29, 1.82) is 0 Å². The number of hydrogen-bond donors (Lipinski definition) is 4. The summed E-state index contributed by atoms with van der Waals surface area (Å²) < 4.78 is 1.81. The van der Waals surface area contributed by atoms with E-state index in [1.807, 2.05) is 41.9 Å². The summed E-state index contributed by atoms with van der Waals surface area (Å²) in [5, 5.41) is 19.3. The number of anilines is 2. The van der Waals surface area contributed by atoms with Crippen molar-refractivity contribution in [3.8, 4) is 0 Å². The molecule has 9 nitrogen and oxygen atoms in total. The van der Waals surface area contributed by atoms with Gasteiger partial charge >= 0.3 is 6.09 Å². The molecule has 2 atom stereocenters. The number of nitrogens with two attached hydrogens (primary N) is 1. The number of fused-ring (bicyclic) bond motifs is 1. The van der Waals surface area contributed by atoms with Crippen molar-refractivity contribution in [1.82, 2.24) is 24.8 Å². The Bertz CT molecular complexity index is 1020. The normalized spacial score (nSPS) is 19.9. The number of rotatable bonds is 5. The number of carboxylic acid groups (broad SMARTS) is 1. The zero-order valence-electron chi connectivity index (χ0n) is 16.2. The van der Waals surface area contributed by atoms with Gasteiger partial charge < -0.3 is 21.5 Å². The first-order valence-electron chi connectivity index (χ1n) is 9.62. The van der Waals surface area contributed by atoms with E-state index >= 15 is 0 Å². The summed E-state index contributed by atoms with van der Waals surface area (Å²) in [7, 11) is 0. The standard InChI is InChI=1S/C20H25N7O2/c1-13-3-2-4-15(9-13)24-19-18-14(5-8-27(18)23-12-22-19)10-26-7-6-16(21)17(11-26)25-20(28)29/h2-5,8-9,12,16-17,25H,6-7,10-11,21H2,1H3,(H,28,29)(H,22,23,24)/t16-,17-/m1/s1. The van der Waals surface area contributed by atoms with E-state index in [1.165, 1.54) is 6.33 Å². The summed E-state index contributed by atoms with van der Waals surface area (Å²) in [6.07, 6.45) is 3.14. The molecule has 9 heteroatoms. The van der Waals surface area contributed by atoms with Gasteiger partial charge in [-0.3, -0.25) is 4.90 Å². The third kappa shape index (κ3) is 4.30. The van der Waals surface area contributed by atoms with Crippen LogP contribution >= 0.6 is 0 Å². The number of nitrogens with one attached hydrogen (secondary N) is 2. The van der Waals surface area contributed by atoms with Gasteiger partial charge in [-0.05, 0) is 42.7 Å². The van der Waals surface area contributed by atoms with Crippen LogP contribution in [0.15, 0.2) is 42.9 Å². The van der Waals surface area contributed by atoms with Crippen molar-refractivity contribution in [2.24, 2.45) is 5.73 Å². The molecule has 0 spiro atoms. The van der Waals surface area contributed by atoms with Crippen LogP contribution in [0.3, 0.4) is 0 Å². The number of aryl methyl sites for hydroxylation is 1. The van der Waals surface area contributed by atoms with Gasteiger partial charge in [0.2, 0.25) is 0 Å². The number of likely N-dealkylation sites (tertiary alicyclic amines) is 1. The smallest absolute Gasteiger partial charge is 0.404 e. The van der Waals surface area contributed by atoms with E-state index in [-0.39, 0.29) is 12.1 Å². The third-order valence-corrected chi connectivity index (χ3v) is 5.27. The lowest BCUT2D eigenvalue weighted by Gasteiger charge is -2.36. The van der Waals surface area contributed by atoms with Crippen molar-refractivity contribution in [2.45, 2.75) is 32.0 Å². The Morgan fingerprint density at radius 1 is 1.38 bits per heavy atom. The first-order chi connectivity index (χ1) is 14.0. The summed E-state index contributed by atoms with van der Waals surface area (Å²) in [6, 6.07) is 9.69. The van der Waals surface area contributed by atoms with Crippen molar-refractivity contribution in [3.63, 3.8) is 0 Å². The second-order valence-corrected chi connectivity index (χ2v) is 7.48. The second kappa shape index (κ2) is 8.06. The Kier molecular flexibility index (Phi) is 5.32. The summed E-state index contributed by atoms with van der Waals surface area (Å²) in [6.45, 7) is 4.09. The van der Waals surface area contributed by atoms with E-state index in [4.69, 9.17) is 10.8 Å². The molecule has 152 valence electrons. The average Bonchev–Trinajstić information content (AvgIpc) is 3.08. The van der Waals surface area contributed by atoms with Crippen LogP contribution in [-0.4, -0.2) is 55.9 Å². The molecule has 1 aliphatic heterocycles. The third-order valence-electron chi connectivity index (χ3n) is 5.27. The SMILES string of the molecule is Cc1cccc(Nc2ncnn3ccc(CN4CC[C@@H](N)[C@H](NC(=O)O)C4)c23)c1. The van der Waals surface area contributed by atoms with E-state index in [9.17, 15) is 4.79 Å².